The third kappa shape index (κ3) is 5.10. The summed E-state index contributed by atoms with van der Waals surface area (Å²) in [6.45, 7) is 0.500. The smallest absolute Gasteiger partial charge is 0.270 e. The van der Waals surface area contributed by atoms with Crippen molar-refractivity contribution in [2.45, 2.75) is 4.90 Å². The molecule has 0 aliphatic carbocycles. The Kier molecular flexibility index (Phi) is 6.42. The number of rotatable bonds is 6. The second-order valence-corrected chi connectivity index (χ2v) is 8.60. The number of carbonyl (C=O) groups is 1. The quantitative estimate of drug-likeness (QED) is 0.375. The van der Waals surface area contributed by atoms with E-state index in [0.717, 1.165) is 12.1 Å². The molecular formula is C19H18N4O7S. The van der Waals surface area contributed by atoms with E-state index in [1.54, 1.807) is 6.07 Å². The monoisotopic (exact) mass is 446 g/mol. The van der Waals surface area contributed by atoms with Gasteiger partial charge in [-0.25, -0.2) is 8.42 Å². The summed E-state index contributed by atoms with van der Waals surface area (Å²) in [5, 5.41) is 21.5. The van der Waals surface area contributed by atoms with Crippen LogP contribution in [0.1, 0.15) is 5.56 Å². The fourth-order valence-electron chi connectivity index (χ4n) is 3.05. The Bertz CT molecular complexity index is 1140. The third-order valence-electron chi connectivity index (χ3n) is 4.74. The van der Waals surface area contributed by atoms with Crippen molar-refractivity contribution in [1.29, 1.82) is 0 Å². The highest BCUT2D eigenvalue weighted by molar-refractivity contribution is 7.89. The van der Waals surface area contributed by atoms with Crippen LogP contribution in [0.15, 0.2) is 59.5 Å². The van der Waals surface area contributed by atoms with Crippen molar-refractivity contribution >= 4 is 33.4 Å². The molecule has 0 bridgehead atoms. The molecule has 12 heteroatoms. The normalized spacial score (nSPS) is 15.2. The predicted octanol–water partition coefficient (Wildman–Crippen LogP) is 2.05. The lowest BCUT2D eigenvalue weighted by Crippen LogP contribution is -2.50. The average molecular weight is 446 g/mol. The summed E-state index contributed by atoms with van der Waals surface area (Å²) in [6.07, 6.45) is 2.76. The van der Waals surface area contributed by atoms with Crippen LogP contribution in [-0.4, -0.2) is 59.6 Å². The maximum absolute atomic E-state index is 12.7. The number of hydrogen-bond donors (Lipinski definition) is 0. The molecule has 0 N–H and O–H groups in total. The number of nitro benzene ring substituents is 2. The lowest BCUT2D eigenvalue weighted by molar-refractivity contribution is -0.385. The minimum atomic E-state index is -3.83. The Hall–Kier alpha value is -3.64. The van der Waals surface area contributed by atoms with E-state index >= 15 is 0 Å². The first-order chi connectivity index (χ1) is 14.7. The van der Waals surface area contributed by atoms with Crippen LogP contribution in [0, 0.1) is 20.2 Å². The summed E-state index contributed by atoms with van der Waals surface area (Å²) in [7, 11) is -3.83. The number of carbonyl (C=O) groups excluding carboxylic acids is 1. The van der Waals surface area contributed by atoms with Crippen molar-refractivity contribution < 1.29 is 23.1 Å². The van der Waals surface area contributed by atoms with Gasteiger partial charge in [-0.15, -0.1) is 0 Å². The van der Waals surface area contributed by atoms with Crippen LogP contribution in [0.5, 0.6) is 0 Å². The molecule has 162 valence electrons. The van der Waals surface area contributed by atoms with E-state index in [9.17, 15) is 33.4 Å². The van der Waals surface area contributed by atoms with E-state index in [-0.39, 0.29) is 48.4 Å². The summed E-state index contributed by atoms with van der Waals surface area (Å²) >= 11 is 0. The SMILES string of the molecule is O=C(/C=C/c1cccc([N+](=O)[O-])c1)N1CCN(S(=O)(=O)c2ccc([N+](=O)[O-])cc2)CC1. The van der Waals surface area contributed by atoms with Crippen LogP contribution in [-0.2, 0) is 14.8 Å². The zero-order chi connectivity index (χ0) is 22.6. The summed E-state index contributed by atoms with van der Waals surface area (Å²) in [5.74, 6) is -0.334. The van der Waals surface area contributed by atoms with Gasteiger partial charge in [0.1, 0.15) is 0 Å². The van der Waals surface area contributed by atoms with Crippen LogP contribution in [0.4, 0.5) is 11.4 Å². The first-order valence-electron chi connectivity index (χ1n) is 9.14. The number of benzene rings is 2. The number of amides is 1. The van der Waals surface area contributed by atoms with Gasteiger partial charge >= 0.3 is 0 Å². The molecule has 2 aromatic rings. The van der Waals surface area contributed by atoms with Crippen LogP contribution >= 0.6 is 0 Å². The zero-order valence-corrected chi connectivity index (χ0v) is 17.0. The predicted molar refractivity (Wildman–Crippen MR) is 111 cm³/mol. The van der Waals surface area contributed by atoms with E-state index in [1.165, 1.54) is 51.7 Å². The Balaban J connectivity index is 1.62. The summed E-state index contributed by atoms with van der Waals surface area (Å²) < 4.78 is 26.7. The van der Waals surface area contributed by atoms with Crippen molar-refractivity contribution in [2.24, 2.45) is 0 Å². The molecule has 1 amide bonds. The maximum Gasteiger partial charge on any atom is 0.270 e. The molecule has 0 saturated carbocycles. The van der Waals surface area contributed by atoms with Gasteiger partial charge in [-0.2, -0.15) is 4.31 Å². The van der Waals surface area contributed by atoms with Gasteiger partial charge in [-0.3, -0.25) is 25.0 Å². The van der Waals surface area contributed by atoms with Crippen molar-refractivity contribution in [2.75, 3.05) is 26.2 Å². The van der Waals surface area contributed by atoms with Gasteiger partial charge in [-0.1, -0.05) is 12.1 Å². The number of nitro groups is 2. The molecule has 11 nitrogen and oxygen atoms in total. The highest BCUT2D eigenvalue weighted by Crippen LogP contribution is 2.21. The Morgan fingerprint density at radius 1 is 0.903 bits per heavy atom. The molecule has 3 rings (SSSR count). The van der Waals surface area contributed by atoms with E-state index in [0.29, 0.717) is 5.56 Å². The summed E-state index contributed by atoms with van der Waals surface area (Å²) in [5.41, 5.74) is 0.214. The molecule has 2 aromatic carbocycles. The highest BCUT2D eigenvalue weighted by atomic mass is 32.2. The Labute approximate surface area is 177 Å². The average Bonchev–Trinajstić information content (AvgIpc) is 2.77. The van der Waals surface area contributed by atoms with Crippen LogP contribution in [0.25, 0.3) is 6.08 Å². The van der Waals surface area contributed by atoms with Gasteiger partial charge in [0.2, 0.25) is 15.9 Å². The molecule has 0 radical (unpaired) electrons. The van der Waals surface area contributed by atoms with Gasteiger partial charge in [-0.05, 0) is 23.8 Å². The van der Waals surface area contributed by atoms with Gasteiger partial charge in [0, 0.05) is 56.5 Å². The van der Waals surface area contributed by atoms with Gasteiger partial charge < -0.3 is 4.90 Å². The summed E-state index contributed by atoms with van der Waals surface area (Å²) in [4.78, 5) is 34.2. The van der Waals surface area contributed by atoms with Gasteiger partial charge in [0.05, 0.1) is 14.7 Å². The molecule has 1 saturated heterocycles. The van der Waals surface area contributed by atoms with E-state index < -0.39 is 19.9 Å². The molecule has 0 aromatic heterocycles. The van der Waals surface area contributed by atoms with E-state index in [1.807, 2.05) is 0 Å². The van der Waals surface area contributed by atoms with E-state index in [4.69, 9.17) is 0 Å². The standard InChI is InChI=1S/C19H18N4O7S/c24-19(9-4-15-2-1-3-17(14-15)23(27)28)20-10-12-21(13-11-20)31(29,30)18-7-5-16(6-8-18)22(25)26/h1-9,14H,10-13H2/b9-4+. The second kappa shape index (κ2) is 9.02. The van der Waals surface area contributed by atoms with Gasteiger partial charge in [0.25, 0.3) is 11.4 Å². The topological polar surface area (TPSA) is 144 Å². The molecule has 1 fully saturated rings. The van der Waals surface area contributed by atoms with Gasteiger partial charge in [0.15, 0.2) is 0 Å². The molecular weight excluding hydrogens is 428 g/mol. The summed E-state index contributed by atoms with van der Waals surface area (Å²) in [6, 6.07) is 10.5. The number of non-ortho nitro benzene ring substituents is 2. The third-order valence-corrected chi connectivity index (χ3v) is 6.65. The van der Waals surface area contributed by atoms with Crippen LogP contribution in [0.3, 0.4) is 0 Å². The number of nitrogens with zero attached hydrogens (tertiary/aromatic N) is 4. The molecule has 1 heterocycles. The number of piperazine rings is 1. The molecule has 0 spiro atoms. The lowest BCUT2D eigenvalue weighted by atomic mass is 10.2. The van der Waals surface area contributed by atoms with Crippen molar-refractivity contribution in [1.82, 2.24) is 9.21 Å². The zero-order valence-electron chi connectivity index (χ0n) is 16.2. The molecule has 1 aliphatic heterocycles. The number of hydrogen-bond acceptors (Lipinski definition) is 7. The largest absolute Gasteiger partial charge is 0.337 e. The highest BCUT2D eigenvalue weighted by Gasteiger charge is 2.29. The minimum Gasteiger partial charge on any atom is -0.337 e. The van der Waals surface area contributed by atoms with Crippen LogP contribution in [0.2, 0.25) is 0 Å². The Morgan fingerprint density at radius 3 is 2.10 bits per heavy atom. The first-order valence-corrected chi connectivity index (χ1v) is 10.6. The van der Waals surface area contributed by atoms with Crippen molar-refractivity contribution in [3.8, 4) is 0 Å². The van der Waals surface area contributed by atoms with Crippen LogP contribution < -0.4 is 0 Å². The fourth-order valence-corrected chi connectivity index (χ4v) is 4.47. The van der Waals surface area contributed by atoms with Crippen molar-refractivity contribution in [3.63, 3.8) is 0 Å². The maximum atomic E-state index is 12.7. The Morgan fingerprint density at radius 2 is 1.52 bits per heavy atom. The van der Waals surface area contributed by atoms with Crippen molar-refractivity contribution in [3.05, 3.63) is 80.4 Å². The lowest BCUT2D eigenvalue weighted by Gasteiger charge is -2.33. The molecule has 0 unspecified atom stereocenters. The minimum absolute atomic E-state index is 0.0524. The fraction of sp³-hybridized carbons (Fsp3) is 0.211. The molecule has 31 heavy (non-hydrogen) atoms. The van der Waals surface area contributed by atoms with E-state index in [2.05, 4.69) is 0 Å². The second-order valence-electron chi connectivity index (χ2n) is 6.67. The first kappa shape index (κ1) is 22.1. The molecule has 1 aliphatic rings. The molecule has 0 atom stereocenters. The number of sulfonamides is 1.